The van der Waals surface area contributed by atoms with Crippen LogP contribution in [0.2, 0.25) is 0 Å². The van der Waals surface area contributed by atoms with Gasteiger partial charge in [0.25, 0.3) is 0 Å². The molecule has 0 aromatic carbocycles. The van der Waals surface area contributed by atoms with E-state index in [2.05, 4.69) is 31.5 Å². The van der Waals surface area contributed by atoms with E-state index in [0.717, 1.165) is 28.7 Å². The van der Waals surface area contributed by atoms with E-state index in [1.165, 1.54) is 0 Å². The molecule has 1 amide bonds. The van der Waals surface area contributed by atoms with Crippen molar-refractivity contribution in [2.45, 2.75) is 19.8 Å². The molecule has 1 aliphatic rings. The number of hydrogen-bond donors (Lipinski definition) is 3. The molecule has 0 unspecified atom stereocenters. The highest BCUT2D eigenvalue weighted by atomic mass is 79.9. The zero-order chi connectivity index (χ0) is 13.1. The number of hydrogen-bond acceptors (Lipinski definition) is 4. The van der Waals surface area contributed by atoms with Crippen molar-refractivity contribution in [3.8, 4) is 0 Å². The van der Waals surface area contributed by atoms with Crippen LogP contribution in [0.5, 0.6) is 0 Å². The number of nitrogens with zero attached hydrogens (tertiary/aromatic N) is 1. The van der Waals surface area contributed by atoms with Gasteiger partial charge in [-0.15, -0.1) is 0 Å². The molecule has 0 aliphatic heterocycles. The molecule has 1 saturated carbocycles. The Morgan fingerprint density at radius 2 is 2.28 bits per heavy atom. The average molecular weight is 313 g/mol. The monoisotopic (exact) mass is 312 g/mol. The van der Waals surface area contributed by atoms with Crippen LogP contribution in [0, 0.1) is 12.8 Å². The molecule has 0 atom stereocenters. The van der Waals surface area contributed by atoms with Crippen LogP contribution in [0.25, 0.3) is 0 Å². The van der Waals surface area contributed by atoms with E-state index in [1.807, 2.05) is 6.92 Å². The van der Waals surface area contributed by atoms with E-state index < -0.39 is 0 Å². The molecular weight excluding hydrogens is 296 g/mol. The standard InChI is InChI=1S/C12H17BrN4O/c1-7-9(14)6-17-11(10(7)13)15-4-5-16-12(18)8-2-3-8/h6,8H,2-5,14H2,1H3,(H,15,17)(H,16,18). The second-order valence-corrected chi connectivity index (χ2v) is 5.29. The number of carbonyl (C=O) groups excluding carboxylic acids is 1. The molecule has 1 aromatic rings. The molecule has 6 heteroatoms. The van der Waals surface area contributed by atoms with E-state index in [-0.39, 0.29) is 11.8 Å². The van der Waals surface area contributed by atoms with Crippen molar-refractivity contribution >= 4 is 33.3 Å². The van der Waals surface area contributed by atoms with Gasteiger partial charge >= 0.3 is 0 Å². The summed E-state index contributed by atoms with van der Waals surface area (Å²) in [6.45, 7) is 3.18. The summed E-state index contributed by atoms with van der Waals surface area (Å²) >= 11 is 3.45. The van der Waals surface area contributed by atoms with Crippen molar-refractivity contribution < 1.29 is 4.79 Å². The predicted molar refractivity (Wildman–Crippen MR) is 75.3 cm³/mol. The van der Waals surface area contributed by atoms with Crippen LogP contribution in [0.15, 0.2) is 10.7 Å². The fourth-order valence-corrected chi connectivity index (χ4v) is 2.04. The number of rotatable bonds is 5. The lowest BCUT2D eigenvalue weighted by molar-refractivity contribution is -0.122. The van der Waals surface area contributed by atoms with Gasteiger partial charge in [-0.1, -0.05) is 0 Å². The number of nitrogens with two attached hydrogens (primary N) is 1. The lowest BCUT2D eigenvalue weighted by atomic mass is 10.2. The number of anilines is 2. The van der Waals surface area contributed by atoms with Crippen LogP contribution in [0.4, 0.5) is 11.5 Å². The molecule has 0 radical (unpaired) electrons. The second-order valence-electron chi connectivity index (χ2n) is 4.49. The number of carbonyl (C=O) groups is 1. The molecule has 1 fully saturated rings. The molecule has 2 rings (SSSR count). The third-order valence-corrected chi connectivity index (χ3v) is 3.94. The van der Waals surface area contributed by atoms with Crippen LogP contribution in [-0.2, 0) is 4.79 Å². The van der Waals surface area contributed by atoms with Gasteiger partial charge in [-0.3, -0.25) is 4.79 Å². The van der Waals surface area contributed by atoms with Gasteiger partial charge in [0, 0.05) is 19.0 Å². The lowest BCUT2D eigenvalue weighted by Crippen LogP contribution is -2.30. The summed E-state index contributed by atoms with van der Waals surface area (Å²) in [7, 11) is 0. The zero-order valence-electron chi connectivity index (χ0n) is 10.3. The highest BCUT2D eigenvalue weighted by Gasteiger charge is 2.28. The highest BCUT2D eigenvalue weighted by Crippen LogP contribution is 2.29. The summed E-state index contributed by atoms with van der Waals surface area (Å²) in [5.74, 6) is 1.17. The minimum Gasteiger partial charge on any atom is -0.397 e. The van der Waals surface area contributed by atoms with Crippen molar-refractivity contribution in [2.75, 3.05) is 24.1 Å². The van der Waals surface area contributed by atoms with Gasteiger partial charge < -0.3 is 16.4 Å². The highest BCUT2D eigenvalue weighted by molar-refractivity contribution is 9.10. The van der Waals surface area contributed by atoms with Crippen molar-refractivity contribution in [3.63, 3.8) is 0 Å². The van der Waals surface area contributed by atoms with E-state index in [4.69, 9.17) is 5.73 Å². The fourth-order valence-electron chi connectivity index (χ4n) is 1.57. The molecule has 4 N–H and O–H groups in total. The van der Waals surface area contributed by atoms with Gasteiger partial charge in [-0.2, -0.15) is 0 Å². The summed E-state index contributed by atoms with van der Waals surface area (Å²) < 4.78 is 0.871. The molecule has 5 nitrogen and oxygen atoms in total. The first-order chi connectivity index (χ1) is 8.59. The maximum absolute atomic E-state index is 11.4. The molecular formula is C12H17BrN4O. The smallest absolute Gasteiger partial charge is 0.223 e. The van der Waals surface area contributed by atoms with Crippen LogP contribution in [-0.4, -0.2) is 24.0 Å². The molecule has 1 heterocycles. The molecule has 0 bridgehead atoms. The predicted octanol–water partition coefficient (Wildman–Crippen LogP) is 1.67. The summed E-state index contributed by atoms with van der Waals surface area (Å²) in [6, 6.07) is 0. The van der Waals surface area contributed by atoms with Crippen LogP contribution in [0.1, 0.15) is 18.4 Å². The van der Waals surface area contributed by atoms with E-state index in [0.29, 0.717) is 18.8 Å². The SMILES string of the molecule is Cc1c(N)cnc(NCCNC(=O)C2CC2)c1Br. The molecule has 98 valence electrons. The number of halogens is 1. The Balaban J connectivity index is 1.79. The van der Waals surface area contributed by atoms with Crippen molar-refractivity contribution in [1.29, 1.82) is 0 Å². The van der Waals surface area contributed by atoms with E-state index in [9.17, 15) is 4.79 Å². The van der Waals surface area contributed by atoms with Crippen molar-refractivity contribution in [1.82, 2.24) is 10.3 Å². The Labute approximate surface area is 115 Å². The summed E-state index contributed by atoms with van der Waals surface area (Å²) in [4.78, 5) is 15.6. The number of nitrogens with one attached hydrogen (secondary N) is 2. The minimum atomic E-state index is 0.164. The minimum absolute atomic E-state index is 0.164. The van der Waals surface area contributed by atoms with Gasteiger partial charge in [0.1, 0.15) is 5.82 Å². The molecule has 0 saturated heterocycles. The second kappa shape index (κ2) is 5.56. The van der Waals surface area contributed by atoms with Gasteiger partial charge in [0.2, 0.25) is 5.91 Å². The molecule has 18 heavy (non-hydrogen) atoms. The first kappa shape index (κ1) is 13.1. The van der Waals surface area contributed by atoms with Crippen LogP contribution in [0.3, 0.4) is 0 Å². The summed E-state index contributed by atoms with van der Waals surface area (Å²) in [5.41, 5.74) is 7.38. The normalized spacial score (nSPS) is 14.3. The summed E-state index contributed by atoms with van der Waals surface area (Å²) in [6.07, 6.45) is 3.69. The number of nitrogen functional groups attached to an aromatic ring is 1. The third kappa shape index (κ3) is 3.13. The first-order valence-electron chi connectivity index (χ1n) is 6.01. The maximum atomic E-state index is 11.4. The van der Waals surface area contributed by atoms with Gasteiger partial charge in [0.15, 0.2) is 0 Å². The Morgan fingerprint density at radius 3 is 2.94 bits per heavy atom. The zero-order valence-corrected chi connectivity index (χ0v) is 11.9. The number of pyridine rings is 1. The van der Waals surface area contributed by atoms with Gasteiger partial charge in [0.05, 0.1) is 16.4 Å². The van der Waals surface area contributed by atoms with Crippen molar-refractivity contribution in [2.24, 2.45) is 5.92 Å². The number of amides is 1. The largest absolute Gasteiger partial charge is 0.397 e. The summed E-state index contributed by atoms with van der Waals surface area (Å²) in [5, 5.41) is 6.06. The van der Waals surface area contributed by atoms with Gasteiger partial charge in [-0.05, 0) is 41.3 Å². The van der Waals surface area contributed by atoms with Gasteiger partial charge in [-0.25, -0.2) is 4.98 Å². The quantitative estimate of drug-likeness (QED) is 0.723. The topological polar surface area (TPSA) is 80.0 Å². The fraction of sp³-hybridized carbons (Fsp3) is 0.500. The van der Waals surface area contributed by atoms with Crippen LogP contribution >= 0.6 is 15.9 Å². The Kier molecular flexibility index (Phi) is 4.06. The van der Waals surface area contributed by atoms with Crippen molar-refractivity contribution in [3.05, 3.63) is 16.2 Å². The lowest BCUT2D eigenvalue weighted by Gasteiger charge is -2.11. The third-order valence-electron chi connectivity index (χ3n) is 2.97. The first-order valence-corrected chi connectivity index (χ1v) is 6.81. The Hall–Kier alpha value is -1.30. The Bertz CT molecular complexity index is 460. The molecule has 1 aliphatic carbocycles. The Morgan fingerprint density at radius 1 is 1.56 bits per heavy atom. The average Bonchev–Trinajstić information content (AvgIpc) is 3.18. The van der Waals surface area contributed by atoms with E-state index in [1.54, 1.807) is 6.20 Å². The maximum Gasteiger partial charge on any atom is 0.223 e. The van der Waals surface area contributed by atoms with E-state index >= 15 is 0 Å². The molecule has 0 spiro atoms. The number of aromatic nitrogens is 1. The van der Waals surface area contributed by atoms with Crippen LogP contribution < -0.4 is 16.4 Å². The molecule has 1 aromatic heterocycles.